The molecule has 0 saturated carbocycles. The Morgan fingerprint density at radius 2 is 1.68 bits per heavy atom. The standard InChI is InChI=1S/C22H29NO3S2/c1-13-9-14(2)17(5)22(16(13)4)27-11-21(24)20-10-15(3)23(18(20)6)19-7-8-28(25,26)12-19/h9-10,19H,7-8,11-12H2,1-6H3/t19-/m0/s1. The van der Waals surface area contributed by atoms with Gasteiger partial charge in [0.25, 0.3) is 0 Å². The van der Waals surface area contributed by atoms with Crippen LogP contribution in [0.1, 0.15) is 56.5 Å². The molecule has 1 aliphatic rings. The predicted molar refractivity (Wildman–Crippen MR) is 117 cm³/mol. The summed E-state index contributed by atoms with van der Waals surface area (Å²) >= 11 is 1.61. The van der Waals surface area contributed by atoms with Crippen molar-refractivity contribution in [2.75, 3.05) is 17.3 Å². The van der Waals surface area contributed by atoms with Gasteiger partial charge in [0, 0.05) is 27.9 Å². The van der Waals surface area contributed by atoms with Crippen LogP contribution >= 0.6 is 11.8 Å². The molecule has 152 valence electrons. The Hall–Kier alpha value is -1.53. The molecule has 1 saturated heterocycles. The zero-order chi connectivity index (χ0) is 20.8. The fourth-order valence-electron chi connectivity index (χ4n) is 4.21. The molecule has 2 aromatic rings. The van der Waals surface area contributed by atoms with Gasteiger partial charge in [0.15, 0.2) is 15.6 Å². The van der Waals surface area contributed by atoms with E-state index in [0.29, 0.717) is 17.7 Å². The van der Waals surface area contributed by atoms with E-state index < -0.39 is 9.84 Å². The summed E-state index contributed by atoms with van der Waals surface area (Å²) < 4.78 is 25.8. The molecule has 0 radical (unpaired) electrons. The van der Waals surface area contributed by atoms with Crippen LogP contribution in [0.4, 0.5) is 0 Å². The third-order valence-electron chi connectivity index (χ3n) is 6.00. The predicted octanol–water partition coefficient (Wildman–Crippen LogP) is 4.67. The second-order valence-corrected chi connectivity index (χ2v) is 11.2. The van der Waals surface area contributed by atoms with Crippen LogP contribution in [0.5, 0.6) is 0 Å². The first-order valence-corrected chi connectivity index (χ1v) is 12.4. The number of carbonyl (C=O) groups excluding carboxylic acids is 1. The molecule has 0 spiro atoms. The van der Waals surface area contributed by atoms with Crippen LogP contribution in [0.15, 0.2) is 17.0 Å². The van der Waals surface area contributed by atoms with Gasteiger partial charge in [-0.05, 0) is 76.3 Å². The van der Waals surface area contributed by atoms with Crippen molar-refractivity contribution in [2.45, 2.75) is 58.9 Å². The Bertz CT molecular complexity index is 1020. The molecule has 0 bridgehead atoms. The topological polar surface area (TPSA) is 56.1 Å². The Labute approximate surface area is 172 Å². The third-order valence-corrected chi connectivity index (χ3v) is 9.06. The van der Waals surface area contributed by atoms with Gasteiger partial charge in [-0.2, -0.15) is 0 Å². The van der Waals surface area contributed by atoms with Gasteiger partial charge < -0.3 is 4.57 Å². The average Bonchev–Trinajstić information content (AvgIpc) is 3.11. The first-order chi connectivity index (χ1) is 13.0. The van der Waals surface area contributed by atoms with E-state index in [9.17, 15) is 13.2 Å². The van der Waals surface area contributed by atoms with E-state index in [2.05, 4.69) is 38.3 Å². The van der Waals surface area contributed by atoms with Crippen LogP contribution in [0.2, 0.25) is 0 Å². The second kappa shape index (κ2) is 7.71. The molecule has 1 aliphatic heterocycles. The number of benzene rings is 1. The Kier molecular flexibility index (Phi) is 5.84. The number of rotatable bonds is 5. The summed E-state index contributed by atoms with van der Waals surface area (Å²) in [5.41, 5.74) is 7.54. The summed E-state index contributed by atoms with van der Waals surface area (Å²) in [5, 5.41) is 0. The van der Waals surface area contributed by atoms with E-state index in [-0.39, 0.29) is 23.3 Å². The fourth-order valence-corrected chi connectivity index (χ4v) is 7.10. The highest BCUT2D eigenvalue weighted by Crippen LogP contribution is 2.33. The van der Waals surface area contributed by atoms with Gasteiger partial charge in [-0.25, -0.2) is 8.42 Å². The molecule has 0 aliphatic carbocycles. The SMILES string of the molecule is Cc1cc(C)c(C)c(SCC(=O)c2cc(C)n([C@H]3CCS(=O)(=O)C3)c2C)c1C. The number of thioether (sulfide) groups is 1. The quantitative estimate of drug-likeness (QED) is 0.522. The number of aryl methyl sites for hydroxylation is 3. The molecule has 6 heteroatoms. The highest BCUT2D eigenvalue weighted by molar-refractivity contribution is 8.00. The molecule has 0 amide bonds. The van der Waals surface area contributed by atoms with Crippen LogP contribution in [-0.4, -0.2) is 36.0 Å². The summed E-state index contributed by atoms with van der Waals surface area (Å²) in [5.74, 6) is 0.895. The number of carbonyl (C=O) groups is 1. The van der Waals surface area contributed by atoms with Crippen LogP contribution in [0.25, 0.3) is 0 Å². The molecule has 2 heterocycles. The molecular weight excluding hydrogens is 390 g/mol. The summed E-state index contributed by atoms with van der Waals surface area (Å²) in [4.78, 5) is 14.2. The number of nitrogens with zero attached hydrogens (tertiary/aromatic N) is 1. The van der Waals surface area contributed by atoms with Crippen LogP contribution in [0.3, 0.4) is 0 Å². The van der Waals surface area contributed by atoms with Crippen molar-refractivity contribution in [3.63, 3.8) is 0 Å². The first kappa shape index (κ1) is 21.2. The van der Waals surface area contributed by atoms with Crippen LogP contribution in [0, 0.1) is 41.5 Å². The van der Waals surface area contributed by atoms with Gasteiger partial charge in [-0.3, -0.25) is 4.79 Å². The van der Waals surface area contributed by atoms with Crippen molar-refractivity contribution in [1.29, 1.82) is 0 Å². The largest absolute Gasteiger partial charge is 0.344 e. The van der Waals surface area contributed by atoms with Crippen molar-refractivity contribution in [1.82, 2.24) is 4.57 Å². The summed E-state index contributed by atoms with van der Waals surface area (Å²) in [7, 11) is -2.96. The number of hydrogen-bond donors (Lipinski definition) is 0. The van der Waals surface area contributed by atoms with E-state index in [1.807, 2.05) is 19.9 Å². The molecular formula is C22H29NO3S2. The lowest BCUT2D eigenvalue weighted by Gasteiger charge is -2.16. The minimum atomic E-state index is -2.96. The maximum absolute atomic E-state index is 13.0. The molecule has 3 rings (SSSR count). The van der Waals surface area contributed by atoms with Gasteiger partial charge in [0.05, 0.1) is 17.3 Å². The summed E-state index contributed by atoms with van der Waals surface area (Å²) in [6.07, 6.45) is 0.627. The average molecular weight is 420 g/mol. The molecule has 28 heavy (non-hydrogen) atoms. The highest BCUT2D eigenvalue weighted by Gasteiger charge is 2.31. The minimum absolute atomic E-state index is 0.0527. The lowest BCUT2D eigenvalue weighted by molar-refractivity contribution is 0.102. The second-order valence-electron chi connectivity index (χ2n) is 8.01. The van der Waals surface area contributed by atoms with Crippen molar-refractivity contribution in [2.24, 2.45) is 0 Å². The summed E-state index contributed by atoms with van der Waals surface area (Å²) in [6.45, 7) is 12.3. The van der Waals surface area contributed by atoms with E-state index in [1.165, 1.54) is 27.1 Å². The van der Waals surface area contributed by atoms with Crippen molar-refractivity contribution >= 4 is 27.4 Å². The van der Waals surface area contributed by atoms with E-state index >= 15 is 0 Å². The molecule has 0 N–H and O–H groups in total. The Morgan fingerprint density at radius 3 is 2.21 bits per heavy atom. The smallest absolute Gasteiger partial charge is 0.174 e. The van der Waals surface area contributed by atoms with Crippen molar-refractivity contribution < 1.29 is 13.2 Å². The zero-order valence-corrected chi connectivity index (χ0v) is 19.2. The highest BCUT2D eigenvalue weighted by atomic mass is 32.2. The van der Waals surface area contributed by atoms with Gasteiger partial charge in [0.2, 0.25) is 0 Å². The van der Waals surface area contributed by atoms with Crippen LogP contribution in [-0.2, 0) is 9.84 Å². The van der Waals surface area contributed by atoms with E-state index in [1.54, 1.807) is 11.8 Å². The maximum atomic E-state index is 13.0. The van der Waals surface area contributed by atoms with Gasteiger partial charge >= 0.3 is 0 Å². The van der Waals surface area contributed by atoms with Crippen molar-refractivity contribution in [3.05, 3.63) is 51.3 Å². The molecule has 1 aromatic carbocycles. The fraction of sp³-hybridized carbons (Fsp3) is 0.500. The van der Waals surface area contributed by atoms with Gasteiger partial charge in [0.1, 0.15) is 0 Å². The lowest BCUT2D eigenvalue weighted by Crippen LogP contribution is -2.14. The monoisotopic (exact) mass is 419 g/mol. The molecule has 1 aromatic heterocycles. The number of sulfone groups is 1. The van der Waals surface area contributed by atoms with Crippen molar-refractivity contribution in [3.8, 4) is 0 Å². The van der Waals surface area contributed by atoms with E-state index in [0.717, 1.165) is 11.4 Å². The molecule has 1 atom stereocenters. The Balaban J connectivity index is 1.83. The molecule has 1 fully saturated rings. The minimum Gasteiger partial charge on any atom is -0.344 e. The number of Topliss-reactive ketones (excluding diaryl/α,β-unsaturated/α-hetero) is 1. The van der Waals surface area contributed by atoms with Crippen LogP contribution < -0.4 is 0 Å². The molecule has 4 nitrogen and oxygen atoms in total. The third kappa shape index (κ3) is 3.94. The summed E-state index contributed by atoms with van der Waals surface area (Å²) in [6, 6.07) is 4.06. The lowest BCUT2D eigenvalue weighted by atomic mass is 10.0. The number of aromatic nitrogens is 1. The zero-order valence-electron chi connectivity index (χ0n) is 17.5. The molecule has 0 unspecified atom stereocenters. The Morgan fingerprint density at radius 1 is 1.07 bits per heavy atom. The van der Waals surface area contributed by atoms with E-state index in [4.69, 9.17) is 0 Å². The van der Waals surface area contributed by atoms with Gasteiger partial charge in [-0.15, -0.1) is 11.8 Å². The maximum Gasteiger partial charge on any atom is 0.174 e. The number of ketones is 1. The normalized spacial score (nSPS) is 18.6. The van der Waals surface area contributed by atoms with Gasteiger partial charge in [-0.1, -0.05) is 6.07 Å². The first-order valence-electron chi connectivity index (χ1n) is 9.64. The number of hydrogen-bond acceptors (Lipinski definition) is 4.